The lowest BCUT2D eigenvalue weighted by Crippen LogP contribution is -2.52. The molecule has 0 rings (SSSR count). The zero-order valence-electron chi connectivity index (χ0n) is 9.73. The average molecular weight is 216 g/mol. The molecule has 3 N–H and O–H groups in total. The van der Waals surface area contributed by atoms with E-state index in [0.29, 0.717) is 0 Å². The normalized spacial score (nSPS) is 13.5. The molecule has 88 valence electrons. The Labute approximate surface area is 90.2 Å². The summed E-state index contributed by atoms with van der Waals surface area (Å²) in [5.74, 6) is -1.59. The zero-order valence-corrected chi connectivity index (χ0v) is 9.73. The van der Waals surface area contributed by atoms with E-state index in [-0.39, 0.29) is 18.5 Å². The van der Waals surface area contributed by atoms with Gasteiger partial charge in [-0.05, 0) is 27.7 Å². The number of nitrogens with zero attached hydrogens (tertiary/aromatic N) is 1. The van der Waals surface area contributed by atoms with Gasteiger partial charge in [-0.15, -0.1) is 0 Å². The fourth-order valence-corrected chi connectivity index (χ4v) is 1.83. The molecule has 0 fully saturated rings. The van der Waals surface area contributed by atoms with Gasteiger partial charge in [0.1, 0.15) is 0 Å². The summed E-state index contributed by atoms with van der Waals surface area (Å²) in [6.45, 7) is 7.66. The first kappa shape index (κ1) is 13.9. The second-order valence-corrected chi connectivity index (χ2v) is 4.15. The fraction of sp³-hybridized carbons (Fsp3) is 0.800. The van der Waals surface area contributed by atoms with Gasteiger partial charge >= 0.3 is 5.97 Å². The van der Waals surface area contributed by atoms with Crippen molar-refractivity contribution in [1.82, 2.24) is 4.90 Å². The molecule has 0 saturated carbocycles. The van der Waals surface area contributed by atoms with Crippen molar-refractivity contribution in [3.05, 3.63) is 0 Å². The Hall–Kier alpha value is -1.10. The maximum absolute atomic E-state index is 11.2. The number of rotatable bonds is 6. The van der Waals surface area contributed by atoms with Crippen LogP contribution in [0.1, 0.15) is 34.1 Å². The quantitative estimate of drug-likeness (QED) is 0.674. The van der Waals surface area contributed by atoms with Crippen LogP contribution in [0.3, 0.4) is 0 Å². The molecular weight excluding hydrogens is 196 g/mol. The second kappa shape index (κ2) is 5.70. The molecule has 0 aliphatic carbocycles. The van der Waals surface area contributed by atoms with Crippen LogP contribution in [-0.2, 0) is 9.59 Å². The molecular formula is C10H20N2O3. The number of hydrogen-bond acceptors (Lipinski definition) is 3. The maximum atomic E-state index is 11.2. The van der Waals surface area contributed by atoms with Crippen molar-refractivity contribution in [2.75, 3.05) is 0 Å². The van der Waals surface area contributed by atoms with Crippen molar-refractivity contribution in [1.29, 1.82) is 0 Å². The van der Waals surface area contributed by atoms with E-state index in [1.807, 2.05) is 32.6 Å². The second-order valence-electron chi connectivity index (χ2n) is 4.15. The smallest absolute Gasteiger partial charge is 0.305 e. The van der Waals surface area contributed by atoms with Crippen molar-refractivity contribution in [2.45, 2.75) is 52.2 Å². The van der Waals surface area contributed by atoms with E-state index in [2.05, 4.69) is 0 Å². The SMILES string of the molecule is CC(C)N(C(C)C)C(CC(=O)O)C(N)=O. The summed E-state index contributed by atoms with van der Waals surface area (Å²) in [5.41, 5.74) is 5.22. The first-order valence-electron chi connectivity index (χ1n) is 5.06. The highest BCUT2D eigenvalue weighted by atomic mass is 16.4. The Morgan fingerprint density at radius 1 is 1.20 bits per heavy atom. The van der Waals surface area contributed by atoms with E-state index in [0.717, 1.165) is 0 Å². The third-order valence-electron chi connectivity index (χ3n) is 2.25. The topological polar surface area (TPSA) is 83.6 Å². The number of primary amides is 1. The lowest BCUT2D eigenvalue weighted by atomic mass is 10.1. The Balaban J connectivity index is 4.84. The molecule has 15 heavy (non-hydrogen) atoms. The van der Waals surface area contributed by atoms with Gasteiger partial charge in [-0.1, -0.05) is 0 Å². The standard InChI is InChI=1S/C10H20N2O3/c1-6(2)12(7(3)4)8(10(11)15)5-9(13)14/h6-8H,5H2,1-4H3,(H2,11,15)(H,13,14). The van der Waals surface area contributed by atoms with E-state index in [1.54, 1.807) is 0 Å². The molecule has 0 bridgehead atoms. The van der Waals surface area contributed by atoms with E-state index in [4.69, 9.17) is 10.8 Å². The van der Waals surface area contributed by atoms with Crippen molar-refractivity contribution in [2.24, 2.45) is 5.73 Å². The van der Waals surface area contributed by atoms with Crippen LogP contribution in [0, 0.1) is 0 Å². The van der Waals surface area contributed by atoms with E-state index in [9.17, 15) is 9.59 Å². The Morgan fingerprint density at radius 3 is 1.80 bits per heavy atom. The summed E-state index contributed by atoms with van der Waals surface area (Å²) >= 11 is 0. The number of nitrogens with two attached hydrogens (primary N) is 1. The number of carboxylic acid groups (broad SMARTS) is 1. The zero-order chi connectivity index (χ0) is 12.2. The molecule has 0 radical (unpaired) electrons. The van der Waals surface area contributed by atoms with Crippen LogP contribution in [-0.4, -0.2) is 40.0 Å². The van der Waals surface area contributed by atoms with Gasteiger partial charge in [0.2, 0.25) is 5.91 Å². The molecule has 5 nitrogen and oxygen atoms in total. The van der Waals surface area contributed by atoms with Gasteiger partial charge < -0.3 is 10.8 Å². The van der Waals surface area contributed by atoms with Crippen molar-refractivity contribution < 1.29 is 14.7 Å². The summed E-state index contributed by atoms with van der Waals surface area (Å²) in [7, 11) is 0. The van der Waals surface area contributed by atoms with Crippen molar-refractivity contribution in [3.8, 4) is 0 Å². The van der Waals surface area contributed by atoms with Crippen molar-refractivity contribution in [3.63, 3.8) is 0 Å². The Bertz CT molecular complexity index is 231. The molecule has 0 aliphatic rings. The summed E-state index contributed by atoms with van der Waals surface area (Å²) in [4.78, 5) is 23.6. The minimum atomic E-state index is -1.01. The molecule has 0 aromatic rings. The molecule has 1 amide bonds. The van der Waals surface area contributed by atoms with E-state index >= 15 is 0 Å². The number of amides is 1. The van der Waals surface area contributed by atoms with Gasteiger partial charge in [-0.2, -0.15) is 0 Å². The number of carbonyl (C=O) groups is 2. The predicted octanol–water partition coefficient (Wildman–Crippen LogP) is 0.434. The van der Waals surface area contributed by atoms with Crippen LogP contribution in [0.5, 0.6) is 0 Å². The van der Waals surface area contributed by atoms with Gasteiger partial charge in [0.25, 0.3) is 0 Å². The van der Waals surface area contributed by atoms with Crippen molar-refractivity contribution >= 4 is 11.9 Å². The van der Waals surface area contributed by atoms with Gasteiger partial charge in [0.05, 0.1) is 12.5 Å². The molecule has 1 atom stereocenters. The fourth-order valence-electron chi connectivity index (χ4n) is 1.83. The minimum absolute atomic E-state index is 0.0850. The Morgan fingerprint density at radius 2 is 1.60 bits per heavy atom. The number of aliphatic carboxylic acids is 1. The van der Waals surface area contributed by atoms with Gasteiger partial charge in [-0.3, -0.25) is 14.5 Å². The van der Waals surface area contributed by atoms with Crippen LogP contribution in [0.15, 0.2) is 0 Å². The summed E-state index contributed by atoms with van der Waals surface area (Å²) in [6, 6.07) is -0.564. The number of hydrogen-bond donors (Lipinski definition) is 2. The highest BCUT2D eigenvalue weighted by molar-refractivity contribution is 5.84. The van der Waals surface area contributed by atoms with Crippen LogP contribution in [0.25, 0.3) is 0 Å². The first-order valence-corrected chi connectivity index (χ1v) is 5.06. The summed E-state index contributed by atoms with van der Waals surface area (Å²) in [5, 5.41) is 8.71. The lowest BCUT2D eigenvalue weighted by molar-refractivity contribution is -0.142. The van der Waals surface area contributed by atoms with E-state index < -0.39 is 17.9 Å². The molecule has 0 aromatic carbocycles. The molecule has 0 aliphatic heterocycles. The van der Waals surface area contributed by atoms with Crippen LogP contribution < -0.4 is 5.73 Å². The lowest BCUT2D eigenvalue weighted by Gasteiger charge is -2.35. The molecule has 0 heterocycles. The third kappa shape index (κ3) is 4.29. The highest BCUT2D eigenvalue weighted by Gasteiger charge is 2.30. The summed E-state index contributed by atoms with van der Waals surface area (Å²) < 4.78 is 0. The molecule has 1 unspecified atom stereocenters. The molecule has 0 aromatic heterocycles. The molecule has 5 heteroatoms. The predicted molar refractivity (Wildman–Crippen MR) is 57.3 cm³/mol. The summed E-state index contributed by atoms with van der Waals surface area (Å²) in [6.07, 6.45) is -0.244. The van der Waals surface area contributed by atoms with Crippen LogP contribution in [0.4, 0.5) is 0 Å². The molecule has 0 spiro atoms. The van der Waals surface area contributed by atoms with Crippen LogP contribution >= 0.6 is 0 Å². The molecule has 0 saturated heterocycles. The van der Waals surface area contributed by atoms with Gasteiger partial charge in [-0.25, -0.2) is 0 Å². The number of carboxylic acids is 1. The highest BCUT2D eigenvalue weighted by Crippen LogP contribution is 2.13. The van der Waals surface area contributed by atoms with Gasteiger partial charge in [0, 0.05) is 12.1 Å². The van der Waals surface area contributed by atoms with Crippen LogP contribution in [0.2, 0.25) is 0 Å². The average Bonchev–Trinajstić information content (AvgIpc) is 2.00. The Kier molecular flexibility index (Phi) is 5.28. The minimum Gasteiger partial charge on any atom is -0.481 e. The third-order valence-corrected chi connectivity index (χ3v) is 2.25. The largest absolute Gasteiger partial charge is 0.481 e. The monoisotopic (exact) mass is 216 g/mol. The number of carbonyl (C=O) groups excluding carboxylic acids is 1. The first-order chi connectivity index (χ1) is 6.77. The van der Waals surface area contributed by atoms with E-state index in [1.165, 1.54) is 0 Å². The van der Waals surface area contributed by atoms with Gasteiger partial charge in [0.15, 0.2) is 0 Å². The maximum Gasteiger partial charge on any atom is 0.305 e.